The zero-order valence-corrected chi connectivity index (χ0v) is 7.84. The number of hydrogen-bond donors (Lipinski definition) is 0. The third-order valence-corrected chi connectivity index (χ3v) is 2.34. The van der Waals surface area contributed by atoms with E-state index in [4.69, 9.17) is 0 Å². The van der Waals surface area contributed by atoms with Crippen LogP contribution in [-0.4, -0.2) is 11.4 Å². The van der Waals surface area contributed by atoms with Crippen molar-refractivity contribution in [2.75, 3.05) is 6.26 Å². The Kier molecular flexibility index (Phi) is 4.45. The number of carbonyl (C=O) groups excluding carboxylic acids is 1. The number of thioether (sulfide) groups is 1. The first-order valence-corrected chi connectivity index (χ1v) is 4.60. The van der Waals surface area contributed by atoms with Crippen molar-refractivity contribution >= 4 is 16.9 Å². The molecule has 10 heavy (non-hydrogen) atoms. The Morgan fingerprint density at radius 1 is 1.40 bits per heavy atom. The van der Waals surface area contributed by atoms with Gasteiger partial charge in [0.2, 0.25) is 5.12 Å². The van der Waals surface area contributed by atoms with Crippen molar-refractivity contribution in [3.05, 3.63) is 11.1 Å². The van der Waals surface area contributed by atoms with E-state index in [9.17, 15) is 4.79 Å². The molecule has 0 bridgehead atoms. The van der Waals surface area contributed by atoms with E-state index in [1.54, 1.807) is 0 Å². The Hall–Kier alpha value is -0.240. The second kappa shape index (κ2) is 4.56. The van der Waals surface area contributed by atoms with Gasteiger partial charge in [0.15, 0.2) is 0 Å². The number of hydrogen-bond acceptors (Lipinski definition) is 2. The molecular weight excluding hydrogens is 144 g/mol. The van der Waals surface area contributed by atoms with Gasteiger partial charge in [-0.25, -0.2) is 0 Å². The highest BCUT2D eigenvalue weighted by atomic mass is 32.2. The zero-order valence-electron chi connectivity index (χ0n) is 7.02. The van der Waals surface area contributed by atoms with Crippen molar-refractivity contribution in [2.24, 2.45) is 0 Å². The van der Waals surface area contributed by atoms with Crippen molar-refractivity contribution in [1.29, 1.82) is 0 Å². The van der Waals surface area contributed by atoms with E-state index in [0.717, 1.165) is 12.0 Å². The summed E-state index contributed by atoms with van der Waals surface area (Å²) in [6.07, 6.45) is 2.78. The van der Waals surface area contributed by atoms with Crippen LogP contribution in [0.2, 0.25) is 0 Å². The second-order valence-electron chi connectivity index (χ2n) is 2.25. The van der Waals surface area contributed by atoms with Gasteiger partial charge in [0.25, 0.3) is 0 Å². The van der Waals surface area contributed by atoms with E-state index in [0.29, 0.717) is 0 Å². The molecule has 2 heteroatoms. The van der Waals surface area contributed by atoms with E-state index in [1.165, 1.54) is 17.3 Å². The van der Waals surface area contributed by atoms with Crippen LogP contribution in [0.15, 0.2) is 11.1 Å². The van der Waals surface area contributed by atoms with E-state index >= 15 is 0 Å². The van der Waals surface area contributed by atoms with Gasteiger partial charge in [0, 0.05) is 5.57 Å². The summed E-state index contributed by atoms with van der Waals surface area (Å²) in [5.41, 5.74) is 2.11. The lowest BCUT2D eigenvalue weighted by atomic mass is 10.1. The molecule has 0 fully saturated rings. The number of rotatable bonds is 2. The Morgan fingerprint density at radius 3 is 2.20 bits per heavy atom. The monoisotopic (exact) mass is 158 g/mol. The van der Waals surface area contributed by atoms with Crippen molar-refractivity contribution in [3.8, 4) is 0 Å². The van der Waals surface area contributed by atoms with Crippen LogP contribution in [0.3, 0.4) is 0 Å². The molecule has 0 rings (SSSR count). The van der Waals surface area contributed by atoms with Crippen molar-refractivity contribution < 1.29 is 4.79 Å². The topological polar surface area (TPSA) is 17.1 Å². The Morgan fingerprint density at radius 2 is 1.90 bits per heavy atom. The quantitative estimate of drug-likeness (QED) is 0.575. The van der Waals surface area contributed by atoms with E-state index in [2.05, 4.69) is 6.92 Å². The fraction of sp³-hybridized carbons (Fsp3) is 0.625. The van der Waals surface area contributed by atoms with Crippen molar-refractivity contribution in [1.82, 2.24) is 0 Å². The van der Waals surface area contributed by atoms with Gasteiger partial charge >= 0.3 is 0 Å². The van der Waals surface area contributed by atoms with Gasteiger partial charge in [-0.1, -0.05) is 24.3 Å². The average Bonchev–Trinajstić information content (AvgIpc) is 2.00. The molecule has 0 spiro atoms. The van der Waals surface area contributed by atoms with Crippen LogP contribution in [0.4, 0.5) is 0 Å². The number of carbonyl (C=O) groups is 1. The molecule has 0 aromatic heterocycles. The number of allylic oxidation sites excluding steroid dienone is 1. The van der Waals surface area contributed by atoms with Crippen LogP contribution in [0.1, 0.15) is 27.2 Å². The van der Waals surface area contributed by atoms with Gasteiger partial charge in [-0.15, -0.1) is 0 Å². The normalized spacial score (nSPS) is 12.8. The predicted molar refractivity (Wildman–Crippen MR) is 47.2 cm³/mol. The van der Waals surface area contributed by atoms with Gasteiger partial charge in [-0.2, -0.15) is 0 Å². The molecule has 0 aliphatic rings. The summed E-state index contributed by atoms with van der Waals surface area (Å²) in [5.74, 6) is 0. The minimum absolute atomic E-state index is 0.194. The molecule has 0 heterocycles. The first-order valence-electron chi connectivity index (χ1n) is 3.38. The highest BCUT2D eigenvalue weighted by Crippen LogP contribution is 2.13. The lowest BCUT2D eigenvalue weighted by molar-refractivity contribution is -0.107. The summed E-state index contributed by atoms with van der Waals surface area (Å²) in [6.45, 7) is 5.95. The minimum Gasteiger partial charge on any atom is -0.282 e. The average molecular weight is 158 g/mol. The van der Waals surface area contributed by atoms with Gasteiger partial charge in [0.05, 0.1) is 0 Å². The predicted octanol–water partition coefficient (Wildman–Crippen LogP) is 2.62. The molecule has 58 valence electrons. The van der Waals surface area contributed by atoms with Crippen LogP contribution in [-0.2, 0) is 4.79 Å². The zero-order chi connectivity index (χ0) is 8.15. The maximum Gasteiger partial charge on any atom is 0.214 e. The van der Waals surface area contributed by atoms with Gasteiger partial charge in [-0.3, -0.25) is 4.79 Å². The summed E-state index contributed by atoms with van der Waals surface area (Å²) in [4.78, 5) is 11.0. The van der Waals surface area contributed by atoms with Gasteiger partial charge in [0.1, 0.15) is 0 Å². The Labute approximate surface area is 66.9 Å². The summed E-state index contributed by atoms with van der Waals surface area (Å²) in [5, 5.41) is 0.194. The molecule has 0 aliphatic carbocycles. The minimum atomic E-state index is 0.194. The maximum atomic E-state index is 11.0. The van der Waals surface area contributed by atoms with E-state index in [1.807, 2.05) is 20.1 Å². The third-order valence-electron chi connectivity index (χ3n) is 1.66. The van der Waals surface area contributed by atoms with E-state index in [-0.39, 0.29) is 5.12 Å². The summed E-state index contributed by atoms with van der Waals surface area (Å²) >= 11 is 1.28. The molecule has 0 radical (unpaired) electrons. The summed E-state index contributed by atoms with van der Waals surface area (Å²) in [7, 11) is 0. The van der Waals surface area contributed by atoms with Crippen LogP contribution >= 0.6 is 11.8 Å². The van der Waals surface area contributed by atoms with Crippen LogP contribution in [0, 0.1) is 0 Å². The van der Waals surface area contributed by atoms with Gasteiger partial charge < -0.3 is 0 Å². The molecule has 0 atom stereocenters. The molecule has 0 saturated heterocycles. The van der Waals surface area contributed by atoms with E-state index < -0.39 is 0 Å². The molecular formula is C8H14OS. The first kappa shape index (κ1) is 9.76. The molecule has 1 nitrogen and oxygen atoms in total. The molecule has 0 amide bonds. The molecule has 0 aromatic carbocycles. The maximum absolute atomic E-state index is 11.0. The standard InChI is InChI=1S/C8H14OS/c1-5-6(2)7(3)8(9)10-4/h5H2,1-4H3/b7-6+. The first-order chi connectivity index (χ1) is 4.63. The highest BCUT2D eigenvalue weighted by Gasteiger charge is 2.03. The lowest BCUT2D eigenvalue weighted by Gasteiger charge is -2.00. The smallest absolute Gasteiger partial charge is 0.214 e. The summed E-state index contributed by atoms with van der Waals surface area (Å²) in [6, 6.07) is 0. The van der Waals surface area contributed by atoms with Crippen LogP contribution < -0.4 is 0 Å². The lowest BCUT2D eigenvalue weighted by Crippen LogP contribution is -1.94. The highest BCUT2D eigenvalue weighted by molar-refractivity contribution is 8.13. The fourth-order valence-electron chi connectivity index (χ4n) is 0.592. The Bertz CT molecular complexity index is 159. The second-order valence-corrected chi connectivity index (χ2v) is 3.03. The van der Waals surface area contributed by atoms with Crippen LogP contribution in [0.25, 0.3) is 0 Å². The molecule has 0 saturated carbocycles. The Balaban J connectivity index is 4.30. The molecule has 0 aliphatic heterocycles. The van der Waals surface area contributed by atoms with Crippen LogP contribution in [0.5, 0.6) is 0 Å². The molecule has 0 N–H and O–H groups in total. The molecule has 0 aromatic rings. The molecule has 0 unspecified atom stereocenters. The fourth-order valence-corrected chi connectivity index (χ4v) is 1.07. The largest absolute Gasteiger partial charge is 0.282 e. The van der Waals surface area contributed by atoms with Gasteiger partial charge in [-0.05, 0) is 26.5 Å². The SMILES string of the molecule is CC/C(C)=C(\C)C(=O)SC. The van der Waals surface area contributed by atoms with Crippen molar-refractivity contribution in [2.45, 2.75) is 27.2 Å². The van der Waals surface area contributed by atoms with Crippen molar-refractivity contribution in [3.63, 3.8) is 0 Å². The summed E-state index contributed by atoms with van der Waals surface area (Å²) < 4.78 is 0. The third kappa shape index (κ3) is 2.56.